The molecule has 0 aliphatic heterocycles. The second kappa shape index (κ2) is 6.67. The number of carbonyl (C=O) groups is 1. The van der Waals surface area contributed by atoms with Crippen LogP contribution in [-0.4, -0.2) is 36.6 Å². The fraction of sp³-hybridized carbons (Fsp3) is 0.154. The molecule has 0 aliphatic carbocycles. The van der Waals surface area contributed by atoms with E-state index in [-0.39, 0.29) is 11.7 Å². The van der Waals surface area contributed by atoms with Crippen molar-refractivity contribution in [3.05, 3.63) is 41.7 Å². The number of rotatable bonds is 5. The Labute approximate surface area is 134 Å². The van der Waals surface area contributed by atoms with Crippen molar-refractivity contribution < 1.29 is 4.79 Å². The summed E-state index contributed by atoms with van der Waals surface area (Å²) in [5, 5.41) is 19.2. The van der Waals surface area contributed by atoms with E-state index in [2.05, 4.69) is 25.7 Å². The summed E-state index contributed by atoms with van der Waals surface area (Å²) in [7, 11) is 0. The van der Waals surface area contributed by atoms with E-state index >= 15 is 0 Å². The van der Waals surface area contributed by atoms with Crippen molar-refractivity contribution in [3.8, 4) is 5.69 Å². The second-order valence-corrected chi connectivity index (χ2v) is 6.18. The van der Waals surface area contributed by atoms with Gasteiger partial charge in [-0.25, -0.2) is 0 Å². The minimum Gasteiger partial charge on any atom is -0.300 e. The van der Waals surface area contributed by atoms with Crippen molar-refractivity contribution in [2.24, 2.45) is 0 Å². The Morgan fingerprint density at radius 1 is 1.27 bits per heavy atom. The van der Waals surface area contributed by atoms with Crippen LogP contribution in [0, 0.1) is 6.92 Å². The number of hydrogen-bond donors (Lipinski definition) is 1. The predicted octanol–water partition coefficient (Wildman–Crippen LogP) is 2.16. The van der Waals surface area contributed by atoms with E-state index in [9.17, 15) is 4.79 Å². The fourth-order valence-corrected chi connectivity index (χ4v) is 2.91. The van der Waals surface area contributed by atoms with Gasteiger partial charge in [0, 0.05) is 5.69 Å². The van der Waals surface area contributed by atoms with Crippen LogP contribution in [0.4, 0.5) is 5.13 Å². The third kappa shape index (κ3) is 3.49. The molecule has 0 atom stereocenters. The van der Waals surface area contributed by atoms with Crippen molar-refractivity contribution in [1.29, 1.82) is 0 Å². The van der Waals surface area contributed by atoms with Gasteiger partial charge in [-0.1, -0.05) is 40.8 Å². The van der Waals surface area contributed by atoms with Gasteiger partial charge < -0.3 is 0 Å². The summed E-state index contributed by atoms with van der Waals surface area (Å²) >= 11 is 2.60. The maximum Gasteiger partial charge on any atom is 0.236 e. The number of hydrogen-bond acceptors (Lipinski definition) is 7. The molecular formula is C13H12N6OS2. The first kappa shape index (κ1) is 14.7. The van der Waals surface area contributed by atoms with Crippen molar-refractivity contribution >= 4 is 34.1 Å². The van der Waals surface area contributed by atoms with Crippen LogP contribution in [-0.2, 0) is 4.79 Å². The van der Waals surface area contributed by atoms with Crippen molar-refractivity contribution in [1.82, 2.24) is 25.0 Å². The zero-order valence-corrected chi connectivity index (χ0v) is 13.3. The van der Waals surface area contributed by atoms with Gasteiger partial charge in [-0.2, -0.15) is 0 Å². The number of carbonyl (C=O) groups excluding carboxylic acids is 1. The van der Waals surface area contributed by atoms with Gasteiger partial charge in [0.15, 0.2) is 5.16 Å². The number of aryl methyl sites for hydroxylation is 1. The molecule has 0 unspecified atom stereocenters. The summed E-state index contributed by atoms with van der Waals surface area (Å²) in [6.07, 6.45) is 1.63. The molecule has 2 heterocycles. The molecule has 2 aromatic heterocycles. The Hall–Kier alpha value is -2.26. The normalized spacial score (nSPS) is 10.6. The number of anilines is 1. The first-order chi connectivity index (χ1) is 10.7. The third-order valence-electron chi connectivity index (χ3n) is 2.77. The van der Waals surface area contributed by atoms with Crippen molar-refractivity contribution in [2.45, 2.75) is 12.1 Å². The second-order valence-electron chi connectivity index (χ2n) is 4.40. The summed E-state index contributed by atoms with van der Waals surface area (Å²) in [6.45, 7) is 2.03. The van der Waals surface area contributed by atoms with Gasteiger partial charge in [-0.3, -0.25) is 14.7 Å². The predicted molar refractivity (Wildman–Crippen MR) is 85.4 cm³/mol. The topological polar surface area (TPSA) is 85.6 Å². The highest BCUT2D eigenvalue weighted by Gasteiger charge is 2.11. The molecule has 0 saturated heterocycles. The van der Waals surface area contributed by atoms with Gasteiger partial charge >= 0.3 is 0 Å². The molecule has 3 rings (SSSR count). The average molecular weight is 332 g/mol. The lowest BCUT2D eigenvalue weighted by Gasteiger charge is -2.06. The zero-order chi connectivity index (χ0) is 15.4. The zero-order valence-electron chi connectivity index (χ0n) is 11.6. The molecule has 0 fully saturated rings. The lowest BCUT2D eigenvalue weighted by Crippen LogP contribution is -2.14. The molecule has 9 heteroatoms. The molecule has 0 spiro atoms. The molecule has 0 aliphatic rings. The number of nitrogens with zero attached hydrogens (tertiary/aromatic N) is 5. The molecule has 3 aromatic rings. The Morgan fingerprint density at radius 3 is 2.82 bits per heavy atom. The Morgan fingerprint density at radius 2 is 2.09 bits per heavy atom. The summed E-state index contributed by atoms with van der Waals surface area (Å²) in [5.74, 6) is 0.0737. The summed E-state index contributed by atoms with van der Waals surface area (Å²) in [4.78, 5) is 11.8. The van der Waals surface area contributed by atoms with Crippen LogP contribution in [0.1, 0.15) is 5.56 Å². The number of amides is 1. The molecule has 0 bridgehead atoms. The van der Waals surface area contributed by atoms with Crippen LogP contribution in [0.5, 0.6) is 0 Å². The lowest BCUT2D eigenvalue weighted by molar-refractivity contribution is -0.113. The quantitative estimate of drug-likeness (QED) is 0.721. The Bertz CT molecular complexity index is 753. The molecule has 1 aromatic carbocycles. The van der Waals surface area contributed by atoms with E-state index in [1.165, 1.54) is 28.7 Å². The molecule has 112 valence electrons. The van der Waals surface area contributed by atoms with E-state index in [1.807, 2.05) is 35.8 Å². The maximum atomic E-state index is 11.8. The molecule has 7 nitrogen and oxygen atoms in total. The van der Waals surface area contributed by atoms with E-state index in [1.54, 1.807) is 11.8 Å². The van der Waals surface area contributed by atoms with E-state index < -0.39 is 0 Å². The molecule has 0 radical (unpaired) electrons. The number of aromatic nitrogens is 5. The highest BCUT2D eigenvalue weighted by Crippen LogP contribution is 2.20. The maximum absolute atomic E-state index is 11.8. The molecule has 1 N–H and O–H groups in total. The molecule has 0 saturated carbocycles. The third-order valence-corrected chi connectivity index (χ3v) is 4.32. The highest BCUT2D eigenvalue weighted by atomic mass is 32.2. The van der Waals surface area contributed by atoms with E-state index in [0.29, 0.717) is 10.3 Å². The Balaban J connectivity index is 1.65. The first-order valence-corrected chi connectivity index (χ1v) is 8.25. The smallest absolute Gasteiger partial charge is 0.236 e. The van der Waals surface area contributed by atoms with Crippen LogP contribution in [0.15, 0.2) is 41.3 Å². The number of benzene rings is 1. The summed E-state index contributed by atoms with van der Waals surface area (Å²) < 4.78 is 1.85. The Kier molecular flexibility index (Phi) is 4.45. The molecule has 1 amide bonds. The molecule has 22 heavy (non-hydrogen) atoms. The van der Waals surface area contributed by atoms with Crippen molar-refractivity contribution in [2.75, 3.05) is 11.1 Å². The minimum absolute atomic E-state index is 0.153. The first-order valence-electron chi connectivity index (χ1n) is 6.38. The van der Waals surface area contributed by atoms with Gasteiger partial charge in [-0.15, -0.1) is 20.4 Å². The summed E-state index contributed by atoms with van der Waals surface area (Å²) in [6, 6.07) is 8.02. The van der Waals surface area contributed by atoms with Crippen LogP contribution >= 0.6 is 23.1 Å². The summed E-state index contributed by atoms with van der Waals surface area (Å²) in [5.41, 5.74) is 3.71. The van der Waals surface area contributed by atoms with Gasteiger partial charge in [-0.05, 0) is 19.1 Å². The van der Waals surface area contributed by atoms with Gasteiger partial charge in [0.05, 0.1) is 5.75 Å². The van der Waals surface area contributed by atoms with Crippen LogP contribution in [0.25, 0.3) is 5.69 Å². The molecular weight excluding hydrogens is 320 g/mol. The van der Waals surface area contributed by atoms with Gasteiger partial charge in [0.1, 0.15) is 11.8 Å². The van der Waals surface area contributed by atoms with Gasteiger partial charge in [0.25, 0.3) is 0 Å². The largest absolute Gasteiger partial charge is 0.300 e. The average Bonchev–Trinajstić information content (AvgIpc) is 3.17. The van der Waals surface area contributed by atoms with Crippen LogP contribution < -0.4 is 5.32 Å². The number of thioether (sulfide) groups is 1. The van der Waals surface area contributed by atoms with Crippen molar-refractivity contribution in [3.63, 3.8) is 0 Å². The van der Waals surface area contributed by atoms with Crippen LogP contribution in [0.2, 0.25) is 0 Å². The minimum atomic E-state index is -0.153. The van der Waals surface area contributed by atoms with Crippen LogP contribution in [0.3, 0.4) is 0 Å². The number of nitrogens with one attached hydrogen (secondary N) is 1. The highest BCUT2D eigenvalue weighted by molar-refractivity contribution is 7.99. The lowest BCUT2D eigenvalue weighted by atomic mass is 10.2. The van der Waals surface area contributed by atoms with E-state index in [4.69, 9.17) is 0 Å². The fourth-order valence-electron chi connectivity index (χ4n) is 1.72. The SMILES string of the molecule is Cc1ccc(-n2cnnc2SCC(=O)Nc2nncs2)cc1. The monoisotopic (exact) mass is 332 g/mol. The van der Waals surface area contributed by atoms with Gasteiger partial charge in [0.2, 0.25) is 11.0 Å². The standard InChI is InChI=1S/C13H12N6OS2/c1-9-2-4-10(5-3-9)19-7-14-18-13(19)21-6-11(20)16-12-17-15-8-22-12/h2-5,7-8H,6H2,1H3,(H,16,17,20). The van der Waals surface area contributed by atoms with E-state index in [0.717, 1.165) is 5.69 Å².